The van der Waals surface area contributed by atoms with Crippen molar-refractivity contribution in [2.24, 2.45) is 0 Å². The SMILES string of the molecule is O=C1c2ccccc2/C(=C\CO)C2CCCCN12. The molecule has 3 heteroatoms. The molecule has 0 saturated carbocycles. The fourth-order valence-corrected chi connectivity index (χ4v) is 3.10. The quantitative estimate of drug-likeness (QED) is 0.820. The van der Waals surface area contributed by atoms with Gasteiger partial charge in [0.1, 0.15) is 0 Å². The van der Waals surface area contributed by atoms with E-state index in [1.807, 2.05) is 35.2 Å². The summed E-state index contributed by atoms with van der Waals surface area (Å²) in [6, 6.07) is 7.88. The lowest BCUT2D eigenvalue weighted by molar-refractivity contribution is 0.0658. The molecule has 1 atom stereocenters. The highest BCUT2D eigenvalue weighted by Crippen LogP contribution is 2.36. The predicted molar refractivity (Wildman–Crippen MR) is 70.2 cm³/mol. The van der Waals surface area contributed by atoms with Crippen LogP contribution in [0.25, 0.3) is 5.57 Å². The standard InChI is InChI=1S/C15H17NO2/c17-10-8-12-11-5-1-2-6-13(11)15(18)16-9-4-3-7-14(12)16/h1-2,5-6,8,14,17H,3-4,7,9-10H2/b12-8+. The Labute approximate surface area is 107 Å². The van der Waals surface area contributed by atoms with Gasteiger partial charge in [0.15, 0.2) is 0 Å². The Balaban J connectivity index is 2.14. The molecule has 1 aromatic rings. The molecule has 0 aliphatic carbocycles. The molecule has 2 aliphatic heterocycles. The predicted octanol–water partition coefficient (Wildman–Crippen LogP) is 2.07. The van der Waals surface area contributed by atoms with Crippen molar-refractivity contribution in [2.75, 3.05) is 13.2 Å². The second kappa shape index (κ2) is 4.58. The maximum atomic E-state index is 12.4. The number of rotatable bonds is 1. The maximum absolute atomic E-state index is 12.4. The number of carbonyl (C=O) groups excluding carboxylic acids is 1. The molecule has 2 heterocycles. The van der Waals surface area contributed by atoms with Crippen molar-refractivity contribution in [1.29, 1.82) is 0 Å². The minimum absolute atomic E-state index is 0.0300. The lowest BCUT2D eigenvalue weighted by atomic mass is 9.83. The molecule has 0 radical (unpaired) electrons. The maximum Gasteiger partial charge on any atom is 0.254 e. The van der Waals surface area contributed by atoms with E-state index in [1.165, 1.54) is 0 Å². The van der Waals surface area contributed by atoms with Gasteiger partial charge in [-0.2, -0.15) is 0 Å². The van der Waals surface area contributed by atoms with Gasteiger partial charge >= 0.3 is 0 Å². The van der Waals surface area contributed by atoms with Gasteiger partial charge in [0.2, 0.25) is 0 Å². The second-order valence-corrected chi connectivity index (χ2v) is 4.90. The third-order valence-electron chi connectivity index (χ3n) is 3.90. The zero-order chi connectivity index (χ0) is 12.5. The van der Waals surface area contributed by atoms with Crippen molar-refractivity contribution in [2.45, 2.75) is 25.3 Å². The zero-order valence-corrected chi connectivity index (χ0v) is 10.3. The molecular weight excluding hydrogens is 226 g/mol. The smallest absolute Gasteiger partial charge is 0.254 e. The summed E-state index contributed by atoms with van der Waals surface area (Å²) in [5.41, 5.74) is 2.89. The van der Waals surface area contributed by atoms with E-state index in [1.54, 1.807) is 0 Å². The number of carbonyl (C=O) groups is 1. The van der Waals surface area contributed by atoms with Crippen LogP contribution in [0.3, 0.4) is 0 Å². The first-order chi connectivity index (χ1) is 8.83. The minimum atomic E-state index is 0.0300. The first-order valence-corrected chi connectivity index (χ1v) is 6.54. The van der Waals surface area contributed by atoms with Crippen LogP contribution in [0.2, 0.25) is 0 Å². The first kappa shape index (κ1) is 11.5. The zero-order valence-electron chi connectivity index (χ0n) is 10.3. The highest BCUT2D eigenvalue weighted by Gasteiger charge is 2.36. The van der Waals surface area contributed by atoms with E-state index < -0.39 is 0 Å². The fourth-order valence-electron chi connectivity index (χ4n) is 3.10. The van der Waals surface area contributed by atoms with Crippen molar-refractivity contribution >= 4 is 11.5 Å². The molecule has 1 unspecified atom stereocenters. The summed E-state index contributed by atoms with van der Waals surface area (Å²) in [6.45, 7) is 0.864. The molecule has 1 N–H and O–H groups in total. The topological polar surface area (TPSA) is 40.5 Å². The second-order valence-electron chi connectivity index (χ2n) is 4.90. The van der Waals surface area contributed by atoms with Crippen LogP contribution in [-0.2, 0) is 0 Å². The average molecular weight is 243 g/mol. The van der Waals surface area contributed by atoms with E-state index in [-0.39, 0.29) is 18.6 Å². The molecule has 1 fully saturated rings. The lowest BCUT2D eigenvalue weighted by Gasteiger charge is -2.41. The van der Waals surface area contributed by atoms with E-state index in [9.17, 15) is 9.90 Å². The molecule has 3 nitrogen and oxygen atoms in total. The number of nitrogens with zero attached hydrogens (tertiary/aromatic N) is 1. The number of aliphatic hydroxyl groups excluding tert-OH is 1. The van der Waals surface area contributed by atoms with Crippen LogP contribution in [-0.4, -0.2) is 35.1 Å². The molecule has 1 amide bonds. The third-order valence-corrected chi connectivity index (χ3v) is 3.90. The highest BCUT2D eigenvalue weighted by atomic mass is 16.2. The molecule has 3 rings (SSSR count). The Morgan fingerprint density at radius 3 is 2.83 bits per heavy atom. The molecule has 1 saturated heterocycles. The molecule has 1 aromatic carbocycles. The van der Waals surface area contributed by atoms with Crippen LogP contribution in [0.4, 0.5) is 0 Å². The van der Waals surface area contributed by atoms with Crippen LogP contribution in [0.1, 0.15) is 35.2 Å². The number of piperidine rings is 1. The van der Waals surface area contributed by atoms with Gasteiger partial charge in [-0.15, -0.1) is 0 Å². The van der Waals surface area contributed by atoms with Crippen molar-refractivity contribution < 1.29 is 9.90 Å². The van der Waals surface area contributed by atoms with Gasteiger partial charge < -0.3 is 10.0 Å². The Morgan fingerprint density at radius 1 is 1.28 bits per heavy atom. The van der Waals surface area contributed by atoms with Crippen LogP contribution >= 0.6 is 0 Å². The highest BCUT2D eigenvalue weighted by molar-refractivity contribution is 6.03. The first-order valence-electron chi connectivity index (χ1n) is 6.54. The third kappa shape index (κ3) is 1.66. The Kier molecular flexibility index (Phi) is 2.92. The van der Waals surface area contributed by atoms with Gasteiger partial charge in [-0.3, -0.25) is 4.79 Å². The summed E-state index contributed by atoms with van der Waals surface area (Å²) in [5, 5.41) is 9.22. The summed E-state index contributed by atoms with van der Waals surface area (Å²) in [6.07, 6.45) is 5.09. The molecule has 94 valence electrons. The fraction of sp³-hybridized carbons (Fsp3) is 0.400. The van der Waals surface area contributed by atoms with E-state index >= 15 is 0 Å². The van der Waals surface area contributed by atoms with Gasteiger partial charge in [-0.05, 0) is 36.5 Å². The summed E-state index contributed by atoms with van der Waals surface area (Å²) in [5.74, 6) is 0.144. The summed E-state index contributed by atoms with van der Waals surface area (Å²) in [7, 11) is 0. The molecular formula is C15H17NO2. The van der Waals surface area contributed by atoms with Crippen molar-refractivity contribution in [3.8, 4) is 0 Å². The summed E-state index contributed by atoms with van der Waals surface area (Å²) < 4.78 is 0. The number of amides is 1. The number of aliphatic hydroxyl groups is 1. The van der Waals surface area contributed by atoms with E-state index in [0.29, 0.717) is 0 Å². The van der Waals surface area contributed by atoms with Gasteiger partial charge in [-0.1, -0.05) is 24.3 Å². The molecule has 0 spiro atoms. The van der Waals surface area contributed by atoms with Gasteiger partial charge in [0.05, 0.1) is 12.6 Å². The normalized spacial score (nSPS) is 24.9. The molecule has 0 bridgehead atoms. The summed E-state index contributed by atoms with van der Waals surface area (Å²) >= 11 is 0. The van der Waals surface area contributed by atoms with E-state index in [0.717, 1.165) is 42.5 Å². The van der Waals surface area contributed by atoms with Crippen molar-refractivity contribution in [1.82, 2.24) is 4.90 Å². The van der Waals surface area contributed by atoms with Crippen molar-refractivity contribution in [3.05, 3.63) is 41.5 Å². The van der Waals surface area contributed by atoms with Crippen molar-refractivity contribution in [3.63, 3.8) is 0 Å². The van der Waals surface area contributed by atoms with Gasteiger partial charge in [0, 0.05) is 12.1 Å². The van der Waals surface area contributed by atoms with Gasteiger partial charge in [-0.25, -0.2) is 0 Å². The van der Waals surface area contributed by atoms with Gasteiger partial charge in [0.25, 0.3) is 5.91 Å². The number of benzene rings is 1. The molecule has 18 heavy (non-hydrogen) atoms. The van der Waals surface area contributed by atoms with E-state index in [2.05, 4.69) is 0 Å². The lowest BCUT2D eigenvalue weighted by Crippen LogP contribution is -2.47. The monoisotopic (exact) mass is 243 g/mol. The number of hydrogen-bond donors (Lipinski definition) is 1. The number of hydrogen-bond acceptors (Lipinski definition) is 2. The average Bonchev–Trinajstić information content (AvgIpc) is 2.43. The molecule has 0 aromatic heterocycles. The molecule has 2 aliphatic rings. The van der Waals surface area contributed by atoms with E-state index in [4.69, 9.17) is 0 Å². The number of fused-ring (bicyclic) bond motifs is 2. The van der Waals surface area contributed by atoms with Crippen LogP contribution in [0, 0.1) is 0 Å². The minimum Gasteiger partial charge on any atom is -0.392 e. The van der Waals surface area contributed by atoms with Crippen LogP contribution in [0.15, 0.2) is 30.3 Å². The van der Waals surface area contributed by atoms with Crippen LogP contribution in [0.5, 0.6) is 0 Å². The Morgan fingerprint density at radius 2 is 2.06 bits per heavy atom. The Hall–Kier alpha value is -1.61. The Bertz CT molecular complexity index is 507. The van der Waals surface area contributed by atoms with Crippen LogP contribution < -0.4 is 0 Å². The largest absolute Gasteiger partial charge is 0.392 e. The summed E-state index contributed by atoms with van der Waals surface area (Å²) in [4.78, 5) is 14.4.